The molecule has 1 aromatic carbocycles. The molecule has 0 radical (unpaired) electrons. The Bertz CT molecular complexity index is 656. The number of methoxy groups -OCH3 is 1. The van der Waals surface area contributed by atoms with Crippen LogP contribution in [-0.4, -0.2) is 49.7 Å². The summed E-state index contributed by atoms with van der Waals surface area (Å²) in [6.45, 7) is 7.55. The zero-order valence-corrected chi connectivity index (χ0v) is 17.3. The first-order valence-electron chi connectivity index (χ1n) is 8.87. The Balaban J connectivity index is 2.06. The van der Waals surface area contributed by atoms with Crippen LogP contribution in [0, 0.1) is 5.92 Å². The maximum atomic E-state index is 12.5. The minimum Gasteiger partial charge on any atom is -0.493 e. The molecule has 7 heteroatoms. The van der Waals surface area contributed by atoms with E-state index < -0.39 is 12.1 Å². The molecule has 0 aromatic heterocycles. The van der Waals surface area contributed by atoms with E-state index in [2.05, 4.69) is 22.9 Å². The predicted molar refractivity (Wildman–Crippen MR) is 102 cm³/mol. The van der Waals surface area contributed by atoms with E-state index >= 15 is 0 Å². The Hall–Kier alpha value is -1.76. The maximum absolute atomic E-state index is 12.5. The summed E-state index contributed by atoms with van der Waals surface area (Å²) >= 11 is 3.38. The standard InChI is InChI=1S/C19H26BrNO5/c1-5-25-17-15(20)10-14(11-16(17)24-4)19(23)26-13(3)18(22)21-8-6-12(2)7-9-21/h10-13H,5-9H2,1-4H3. The van der Waals surface area contributed by atoms with Gasteiger partial charge in [-0.15, -0.1) is 0 Å². The summed E-state index contributed by atoms with van der Waals surface area (Å²) in [4.78, 5) is 26.7. The highest BCUT2D eigenvalue weighted by molar-refractivity contribution is 9.10. The Morgan fingerprint density at radius 3 is 2.54 bits per heavy atom. The molecule has 144 valence electrons. The van der Waals surface area contributed by atoms with Crippen molar-refractivity contribution in [1.82, 2.24) is 4.90 Å². The van der Waals surface area contributed by atoms with Gasteiger partial charge in [-0.25, -0.2) is 4.79 Å². The number of benzene rings is 1. The van der Waals surface area contributed by atoms with Gasteiger partial charge in [-0.3, -0.25) is 4.79 Å². The summed E-state index contributed by atoms with van der Waals surface area (Å²) in [7, 11) is 1.50. The molecular formula is C19H26BrNO5. The van der Waals surface area contributed by atoms with Gasteiger partial charge in [0.15, 0.2) is 17.6 Å². The van der Waals surface area contributed by atoms with E-state index in [1.165, 1.54) is 7.11 Å². The van der Waals surface area contributed by atoms with Gasteiger partial charge in [0.1, 0.15) is 0 Å². The van der Waals surface area contributed by atoms with Gasteiger partial charge in [-0.1, -0.05) is 6.92 Å². The topological polar surface area (TPSA) is 65.1 Å². The quantitative estimate of drug-likeness (QED) is 0.648. The lowest BCUT2D eigenvalue weighted by Gasteiger charge is -2.31. The lowest BCUT2D eigenvalue weighted by Crippen LogP contribution is -2.44. The monoisotopic (exact) mass is 427 g/mol. The number of carbonyl (C=O) groups is 2. The number of hydrogen-bond donors (Lipinski definition) is 0. The summed E-state index contributed by atoms with van der Waals surface area (Å²) in [5.41, 5.74) is 0.295. The fourth-order valence-corrected chi connectivity index (χ4v) is 3.44. The second-order valence-corrected chi connectivity index (χ2v) is 7.33. The maximum Gasteiger partial charge on any atom is 0.339 e. The van der Waals surface area contributed by atoms with E-state index in [0.29, 0.717) is 47.1 Å². The summed E-state index contributed by atoms with van der Waals surface area (Å²) in [6.07, 6.45) is 1.14. The van der Waals surface area contributed by atoms with E-state index in [1.54, 1.807) is 24.0 Å². The van der Waals surface area contributed by atoms with Gasteiger partial charge < -0.3 is 19.1 Å². The van der Waals surface area contributed by atoms with Crippen molar-refractivity contribution < 1.29 is 23.8 Å². The molecule has 1 aromatic rings. The summed E-state index contributed by atoms with van der Waals surface area (Å²) in [5, 5.41) is 0. The van der Waals surface area contributed by atoms with Crippen LogP contribution in [0.1, 0.15) is 44.0 Å². The molecule has 1 aliphatic heterocycles. The molecule has 0 bridgehead atoms. The average molecular weight is 428 g/mol. The van der Waals surface area contributed by atoms with Crippen LogP contribution in [0.4, 0.5) is 0 Å². The largest absolute Gasteiger partial charge is 0.493 e. The summed E-state index contributed by atoms with van der Waals surface area (Å²) in [5.74, 6) is 0.862. The smallest absolute Gasteiger partial charge is 0.339 e. The predicted octanol–water partition coefficient (Wildman–Crippen LogP) is 3.66. The van der Waals surface area contributed by atoms with Gasteiger partial charge in [-0.05, 0) is 60.7 Å². The fourth-order valence-electron chi connectivity index (χ4n) is 2.89. The van der Waals surface area contributed by atoms with Crippen molar-refractivity contribution >= 4 is 27.8 Å². The van der Waals surface area contributed by atoms with Gasteiger partial charge in [0.05, 0.1) is 23.8 Å². The minimum absolute atomic E-state index is 0.151. The number of piperidine rings is 1. The van der Waals surface area contributed by atoms with Crippen LogP contribution in [0.15, 0.2) is 16.6 Å². The second-order valence-electron chi connectivity index (χ2n) is 6.48. The van der Waals surface area contributed by atoms with Crippen LogP contribution < -0.4 is 9.47 Å². The molecule has 1 saturated heterocycles. The number of carbonyl (C=O) groups excluding carboxylic acids is 2. The van der Waals surface area contributed by atoms with Crippen molar-refractivity contribution in [2.24, 2.45) is 5.92 Å². The highest BCUT2D eigenvalue weighted by atomic mass is 79.9. The molecule has 6 nitrogen and oxygen atoms in total. The molecule has 1 heterocycles. The number of hydrogen-bond acceptors (Lipinski definition) is 5. The molecule has 1 amide bonds. The van der Waals surface area contributed by atoms with Gasteiger partial charge in [0.2, 0.25) is 0 Å². The highest BCUT2D eigenvalue weighted by Crippen LogP contribution is 2.37. The lowest BCUT2D eigenvalue weighted by atomic mass is 9.99. The van der Waals surface area contributed by atoms with Gasteiger partial charge in [0.25, 0.3) is 5.91 Å². The first-order valence-corrected chi connectivity index (χ1v) is 9.66. The Morgan fingerprint density at radius 2 is 1.96 bits per heavy atom. The summed E-state index contributed by atoms with van der Waals surface area (Å²) < 4.78 is 16.8. The molecule has 0 aliphatic carbocycles. The first kappa shape index (κ1) is 20.6. The van der Waals surface area contributed by atoms with Crippen molar-refractivity contribution in [3.8, 4) is 11.5 Å². The molecule has 0 N–H and O–H groups in total. The molecular weight excluding hydrogens is 402 g/mol. The lowest BCUT2D eigenvalue weighted by molar-refractivity contribution is -0.141. The zero-order chi connectivity index (χ0) is 19.3. The third-order valence-corrected chi connectivity index (χ3v) is 5.07. The van der Waals surface area contributed by atoms with Crippen LogP contribution in [0.2, 0.25) is 0 Å². The molecule has 0 saturated carbocycles. The van der Waals surface area contributed by atoms with Crippen molar-refractivity contribution in [1.29, 1.82) is 0 Å². The number of amides is 1. The minimum atomic E-state index is -0.827. The van der Waals surface area contributed by atoms with Crippen molar-refractivity contribution in [3.63, 3.8) is 0 Å². The molecule has 1 aliphatic rings. The number of halogens is 1. The second kappa shape index (κ2) is 9.26. The van der Waals surface area contributed by atoms with Crippen LogP contribution in [0.25, 0.3) is 0 Å². The van der Waals surface area contributed by atoms with Crippen molar-refractivity contribution in [3.05, 3.63) is 22.2 Å². The molecule has 1 atom stereocenters. The van der Waals surface area contributed by atoms with E-state index in [0.717, 1.165) is 12.8 Å². The molecule has 26 heavy (non-hydrogen) atoms. The highest BCUT2D eigenvalue weighted by Gasteiger charge is 2.27. The van der Waals surface area contributed by atoms with E-state index in [-0.39, 0.29) is 5.91 Å². The first-order chi connectivity index (χ1) is 12.4. The van der Waals surface area contributed by atoms with Crippen LogP contribution in [0.3, 0.4) is 0 Å². The third-order valence-electron chi connectivity index (χ3n) is 4.48. The number of ether oxygens (including phenoxy) is 3. The number of rotatable bonds is 6. The summed E-state index contributed by atoms with van der Waals surface area (Å²) in [6, 6.07) is 3.16. The number of esters is 1. The van der Waals surface area contributed by atoms with E-state index in [4.69, 9.17) is 14.2 Å². The average Bonchev–Trinajstić information content (AvgIpc) is 2.63. The molecule has 1 fully saturated rings. The fraction of sp³-hybridized carbons (Fsp3) is 0.579. The van der Waals surface area contributed by atoms with Crippen LogP contribution >= 0.6 is 15.9 Å². The van der Waals surface area contributed by atoms with E-state index in [1.807, 2.05) is 6.92 Å². The molecule has 2 rings (SSSR count). The van der Waals surface area contributed by atoms with Gasteiger partial charge >= 0.3 is 5.97 Å². The van der Waals surface area contributed by atoms with Crippen molar-refractivity contribution in [2.45, 2.75) is 39.7 Å². The van der Waals surface area contributed by atoms with Gasteiger partial charge in [0, 0.05) is 13.1 Å². The Labute approximate surface area is 162 Å². The molecule has 1 unspecified atom stereocenters. The van der Waals surface area contributed by atoms with Gasteiger partial charge in [-0.2, -0.15) is 0 Å². The Morgan fingerprint density at radius 1 is 1.31 bits per heavy atom. The molecule has 0 spiro atoms. The Kier molecular flexibility index (Phi) is 7.32. The van der Waals surface area contributed by atoms with Crippen LogP contribution in [0.5, 0.6) is 11.5 Å². The number of likely N-dealkylation sites (tertiary alicyclic amines) is 1. The number of nitrogens with zero attached hydrogens (tertiary/aromatic N) is 1. The van der Waals surface area contributed by atoms with Crippen molar-refractivity contribution in [2.75, 3.05) is 26.8 Å². The SMILES string of the molecule is CCOc1c(Br)cc(C(=O)OC(C)C(=O)N2CCC(C)CC2)cc1OC. The zero-order valence-electron chi connectivity index (χ0n) is 15.7. The van der Waals surface area contributed by atoms with E-state index in [9.17, 15) is 9.59 Å². The third kappa shape index (κ3) is 4.90. The van der Waals surface area contributed by atoms with Crippen LogP contribution in [-0.2, 0) is 9.53 Å². The normalized spacial score (nSPS) is 16.1.